The quantitative estimate of drug-likeness (QED) is 0.551. The summed E-state index contributed by atoms with van der Waals surface area (Å²) < 4.78 is 0. The molecule has 0 saturated carbocycles. The minimum atomic E-state index is -0.181. The second-order valence-corrected chi connectivity index (χ2v) is 3.57. The van der Waals surface area contributed by atoms with Crippen molar-refractivity contribution in [3.05, 3.63) is 0 Å². The van der Waals surface area contributed by atoms with Crippen LogP contribution < -0.4 is 5.90 Å². The molecular formula is C8H24N2O. The zero-order chi connectivity index (χ0) is 8.78. The molecule has 0 aromatic heterocycles. The van der Waals surface area contributed by atoms with Crippen LogP contribution in [0.4, 0.5) is 0 Å². The molecule has 0 saturated heterocycles. The summed E-state index contributed by atoms with van der Waals surface area (Å²) in [6, 6.07) is 0. The number of hydrogen-bond acceptors (Lipinski definition) is 3. The van der Waals surface area contributed by atoms with Crippen molar-refractivity contribution in [1.29, 1.82) is 0 Å². The molecule has 3 nitrogen and oxygen atoms in total. The molecule has 0 fully saturated rings. The topological polar surface area (TPSA) is 38.5 Å². The molecule has 2 N–H and O–H groups in total. The number of hydrogen-bond donors (Lipinski definition) is 1. The van der Waals surface area contributed by atoms with Crippen LogP contribution in [-0.4, -0.2) is 31.6 Å². The van der Waals surface area contributed by atoms with Crippen molar-refractivity contribution >= 4 is 0 Å². The van der Waals surface area contributed by atoms with E-state index in [2.05, 4.69) is 4.84 Å². The highest BCUT2D eigenvalue weighted by molar-refractivity contribution is 4.54. The van der Waals surface area contributed by atoms with E-state index in [0.717, 1.165) is 0 Å². The molecule has 0 aromatic rings. The second-order valence-electron chi connectivity index (χ2n) is 3.57. The summed E-state index contributed by atoms with van der Waals surface area (Å²) >= 11 is 0. The predicted octanol–water partition coefficient (Wildman–Crippen LogP) is 1.49. The van der Waals surface area contributed by atoms with Gasteiger partial charge in [0, 0.05) is 0 Å². The van der Waals surface area contributed by atoms with Crippen LogP contribution in [0.15, 0.2) is 0 Å². The third-order valence-electron chi connectivity index (χ3n) is 0.354. The normalized spacial score (nSPS) is 9.82. The lowest BCUT2D eigenvalue weighted by Gasteiger charge is -2.12. The second kappa shape index (κ2) is 7.98. The molecule has 0 rings (SSSR count). The van der Waals surface area contributed by atoms with Crippen LogP contribution in [0.2, 0.25) is 0 Å². The highest BCUT2D eigenvalue weighted by Gasteiger charge is 2.05. The molecule has 72 valence electrons. The molecule has 0 aliphatic carbocycles. The first-order valence-electron chi connectivity index (χ1n) is 3.28. The van der Waals surface area contributed by atoms with Crippen LogP contribution in [0.5, 0.6) is 0 Å². The number of nitrogens with two attached hydrogens (primary N) is 1. The van der Waals surface area contributed by atoms with Gasteiger partial charge < -0.3 is 4.90 Å². The third-order valence-corrected chi connectivity index (χ3v) is 0.354. The van der Waals surface area contributed by atoms with Crippen molar-refractivity contribution in [3.8, 4) is 0 Å². The van der Waals surface area contributed by atoms with E-state index in [4.69, 9.17) is 5.90 Å². The van der Waals surface area contributed by atoms with Crippen molar-refractivity contribution < 1.29 is 4.84 Å². The average molecular weight is 164 g/mol. The molecule has 0 bridgehead atoms. The van der Waals surface area contributed by atoms with Gasteiger partial charge in [-0.15, -0.1) is 0 Å². The molecule has 3 heteroatoms. The fourth-order valence-corrected chi connectivity index (χ4v) is 0. The van der Waals surface area contributed by atoms with Gasteiger partial charge in [-0.1, -0.05) is 7.43 Å². The van der Waals surface area contributed by atoms with E-state index in [9.17, 15) is 0 Å². The van der Waals surface area contributed by atoms with Crippen LogP contribution in [0.25, 0.3) is 0 Å². The largest absolute Gasteiger partial charge is 0.312 e. The summed E-state index contributed by atoms with van der Waals surface area (Å²) in [4.78, 5) is 6.44. The van der Waals surface area contributed by atoms with E-state index < -0.39 is 0 Å². The lowest BCUT2D eigenvalue weighted by Crippen LogP contribution is -2.22. The third kappa shape index (κ3) is 74.0. The Bertz CT molecular complexity index is 64.2. The molecular weight excluding hydrogens is 140 g/mol. The number of nitrogens with zero attached hydrogens (tertiary/aromatic N) is 1. The van der Waals surface area contributed by atoms with E-state index in [0.29, 0.717) is 0 Å². The highest BCUT2D eigenvalue weighted by Crippen LogP contribution is 2.00. The van der Waals surface area contributed by atoms with Crippen molar-refractivity contribution in [2.45, 2.75) is 33.8 Å². The molecule has 11 heavy (non-hydrogen) atoms. The first-order chi connectivity index (χ1) is 4.29. The zero-order valence-corrected chi connectivity index (χ0v) is 7.93. The molecule has 0 spiro atoms. The summed E-state index contributed by atoms with van der Waals surface area (Å²) in [5.74, 6) is 4.81. The standard InChI is InChI=1S/C4H11NO.C3H9N.CH4/c1-4(2,3)6-5;1-4(2)3;/h5H2,1-3H3;1-3H3;1H4. The van der Waals surface area contributed by atoms with Crippen LogP contribution in [0, 0.1) is 0 Å². The predicted molar refractivity (Wildman–Crippen MR) is 51.4 cm³/mol. The van der Waals surface area contributed by atoms with Crippen molar-refractivity contribution in [2.24, 2.45) is 5.90 Å². The van der Waals surface area contributed by atoms with Crippen molar-refractivity contribution in [2.75, 3.05) is 21.1 Å². The minimum Gasteiger partial charge on any atom is -0.312 e. The Morgan fingerprint density at radius 1 is 1.09 bits per heavy atom. The van der Waals surface area contributed by atoms with E-state index >= 15 is 0 Å². The van der Waals surface area contributed by atoms with Gasteiger partial charge >= 0.3 is 0 Å². The Hall–Kier alpha value is -0.120. The molecule has 0 aliphatic heterocycles. The van der Waals surface area contributed by atoms with E-state index in [1.165, 1.54) is 0 Å². The average Bonchev–Trinajstić information content (AvgIpc) is 1.63. The van der Waals surface area contributed by atoms with Gasteiger partial charge in [-0.2, -0.15) is 0 Å². The van der Waals surface area contributed by atoms with Gasteiger partial charge in [-0.3, -0.25) is 4.84 Å². The number of rotatable bonds is 0. The molecule has 0 aliphatic rings. The maximum Gasteiger partial charge on any atom is 0.0810 e. The van der Waals surface area contributed by atoms with Crippen molar-refractivity contribution in [1.82, 2.24) is 4.90 Å². The Morgan fingerprint density at radius 2 is 1.18 bits per heavy atom. The molecule has 0 radical (unpaired) electrons. The maximum absolute atomic E-state index is 4.81. The van der Waals surface area contributed by atoms with Gasteiger partial charge in [0.25, 0.3) is 0 Å². The fraction of sp³-hybridized carbons (Fsp3) is 1.00. The Labute approximate surface area is 71.5 Å². The molecule has 0 aromatic carbocycles. The van der Waals surface area contributed by atoms with Crippen molar-refractivity contribution in [3.63, 3.8) is 0 Å². The molecule has 0 amide bonds. The highest BCUT2D eigenvalue weighted by atomic mass is 16.6. The summed E-state index contributed by atoms with van der Waals surface area (Å²) in [6.45, 7) is 5.69. The summed E-state index contributed by atoms with van der Waals surface area (Å²) in [5, 5.41) is 0. The monoisotopic (exact) mass is 164 g/mol. The van der Waals surface area contributed by atoms with Crippen LogP contribution in [-0.2, 0) is 4.84 Å². The SMILES string of the molecule is C.CC(C)(C)ON.CN(C)C. The first-order valence-corrected chi connectivity index (χ1v) is 3.28. The van der Waals surface area contributed by atoms with Gasteiger partial charge in [0.1, 0.15) is 0 Å². The zero-order valence-electron chi connectivity index (χ0n) is 7.93. The lowest BCUT2D eigenvalue weighted by molar-refractivity contribution is -0.00428. The van der Waals surface area contributed by atoms with Crippen LogP contribution in [0.3, 0.4) is 0 Å². The molecule has 0 atom stereocenters. The Morgan fingerprint density at radius 3 is 1.18 bits per heavy atom. The van der Waals surface area contributed by atoms with Gasteiger partial charge in [0.05, 0.1) is 5.60 Å². The minimum absolute atomic E-state index is 0. The maximum atomic E-state index is 4.81. The van der Waals surface area contributed by atoms with E-state index in [1.807, 2.05) is 46.8 Å². The van der Waals surface area contributed by atoms with E-state index in [-0.39, 0.29) is 13.0 Å². The Balaban J connectivity index is -0.000000114. The smallest absolute Gasteiger partial charge is 0.0810 e. The fourth-order valence-electron chi connectivity index (χ4n) is 0. The van der Waals surface area contributed by atoms with Gasteiger partial charge in [0.2, 0.25) is 0 Å². The summed E-state index contributed by atoms with van der Waals surface area (Å²) in [6.07, 6.45) is 0. The van der Waals surface area contributed by atoms with E-state index in [1.54, 1.807) is 0 Å². The van der Waals surface area contributed by atoms with Gasteiger partial charge in [-0.25, -0.2) is 5.90 Å². The van der Waals surface area contributed by atoms with Gasteiger partial charge in [-0.05, 0) is 41.9 Å². The summed E-state index contributed by atoms with van der Waals surface area (Å²) in [7, 11) is 6.00. The summed E-state index contributed by atoms with van der Waals surface area (Å²) in [5.41, 5.74) is -0.181. The first kappa shape index (κ1) is 17.1. The van der Waals surface area contributed by atoms with Crippen LogP contribution >= 0.6 is 0 Å². The molecule has 0 unspecified atom stereocenters. The molecule has 0 heterocycles. The lowest BCUT2D eigenvalue weighted by atomic mass is 10.2. The Kier molecular flexibility index (Phi) is 12.4. The van der Waals surface area contributed by atoms with Crippen LogP contribution in [0.1, 0.15) is 28.2 Å². The van der Waals surface area contributed by atoms with Gasteiger partial charge in [0.15, 0.2) is 0 Å².